The Labute approximate surface area is 256 Å². The summed E-state index contributed by atoms with van der Waals surface area (Å²) in [6.45, 7) is 4.60. The maximum absolute atomic E-state index is 12.8. The van der Waals surface area contributed by atoms with Crippen molar-refractivity contribution in [3.8, 4) is 11.8 Å². The molecule has 0 saturated carbocycles. The zero-order chi connectivity index (χ0) is 29.2. The monoisotopic (exact) mass is 617 g/mol. The predicted molar refractivity (Wildman–Crippen MR) is 177 cm³/mol. The fraction of sp³-hybridized carbons (Fsp3) is 0.581. The lowest BCUT2D eigenvalue weighted by Crippen LogP contribution is -2.17. The molecule has 0 spiro atoms. The van der Waals surface area contributed by atoms with Crippen LogP contribution in [0.25, 0.3) is 11.2 Å². The highest BCUT2D eigenvalue weighted by molar-refractivity contribution is 7.99. The molecular formula is C31H50N6O3PS+. The van der Waals surface area contributed by atoms with Crippen molar-refractivity contribution < 1.29 is 13.8 Å². The number of fused-ring (bicyclic) bond motifs is 1. The molecule has 9 nitrogen and oxygen atoms in total. The summed E-state index contributed by atoms with van der Waals surface area (Å²) in [5, 5.41) is 0. The minimum Gasteiger partial charge on any atom is -0.382 e. The summed E-state index contributed by atoms with van der Waals surface area (Å²) < 4.78 is 26.1. The van der Waals surface area contributed by atoms with Gasteiger partial charge in [0.25, 0.3) is 0 Å². The Morgan fingerprint density at radius 3 is 2.43 bits per heavy atom. The Kier molecular flexibility index (Phi) is 17.5. The number of rotatable bonds is 20. The van der Waals surface area contributed by atoms with Crippen molar-refractivity contribution in [3.05, 3.63) is 48.5 Å². The van der Waals surface area contributed by atoms with Gasteiger partial charge in [0.05, 0.1) is 25.6 Å². The molecule has 11 heteroatoms. The van der Waals surface area contributed by atoms with Crippen LogP contribution in [0.5, 0.6) is 0 Å². The molecule has 0 fully saturated rings. The number of thioether (sulfide) groups is 1. The molecular weight excluding hydrogens is 567 g/mol. The molecule has 2 heterocycles. The van der Waals surface area contributed by atoms with Crippen LogP contribution in [0.4, 0.5) is 5.82 Å². The van der Waals surface area contributed by atoms with Crippen molar-refractivity contribution in [1.29, 1.82) is 0 Å². The first-order valence-electron chi connectivity index (χ1n) is 14.8. The molecule has 6 N–H and O–H groups in total. The maximum atomic E-state index is 12.8. The number of aromatic nitrogens is 4. The van der Waals surface area contributed by atoms with E-state index in [1.165, 1.54) is 63.4 Å². The summed E-state index contributed by atoms with van der Waals surface area (Å²) in [5.74, 6) is 9.09. The topological polar surface area (TPSA) is 142 Å². The minimum absolute atomic E-state index is 0. The van der Waals surface area contributed by atoms with Gasteiger partial charge in [0, 0.05) is 18.6 Å². The smallest absolute Gasteiger partial charge is 0.225 e. The number of benzene rings is 1. The first kappa shape index (κ1) is 35.8. The zero-order valence-electron chi connectivity index (χ0n) is 25.7. The number of hydrogen-bond donors (Lipinski definition) is 2. The molecule has 0 radical (unpaired) electrons. The van der Waals surface area contributed by atoms with Gasteiger partial charge in [-0.15, -0.1) is 0 Å². The predicted octanol–water partition coefficient (Wildman–Crippen LogP) is 7.76. The highest BCUT2D eigenvalue weighted by Crippen LogP contribution is 2.42. The molecule has 0 aliphatic rings. The molecule has 232 valence electrons. The maximum Gasteiger partial charge on any atom is 0.225 e. The minimum atomic E-state index is -2.80. The number of imidazole rings is 1. The van der Waals surface area contributed by atoms with E-state index < -0.39 is 7.37 Å². The number of hydrogen-bond acceptors (Lipinski definition) is 8. The summed E-state index contributed by atoms with van der Waals surface area (Å²) >= 11 is 1.96. The van der Waals surface area contributed by atoms with E-state index >= 15 is 0 Å². The van der Waals surface area contributed by atoms with Crippen molar-refractivity contribution in [2.45, 2.75) is 83.8 Å². The summed E-state index contributed by atoms with van der Waals surface area (Å²) in [4.78, 5) is 12.5. The Hall–Kier alpha value is -2.41. The van der Waals surface area contributed by atoms with Crippen molar-refractivity contribution in [3.63, 3.8) is 0 Å². The largest absolute Gasteiger partial charge is 0.382 e. The summed E-state index contributed by atoms with van der Waals surface area (Å²) in [7, 11) is -2.80. The molecule has 2 atom stereocenters. The van der Waals surface area contributed by atoms with Crippen LogP contribution in [-0.2, 0) is 20.4 Å². The highest BCUT2D eigenvalue weighted by Gasteiger charge is 2.19. The van der Waals surface area contributed by atoms with Crippen LogP contribution < -0.4 is 11.9 Å². The Morgan fingerprint density at radius 2 is 1.67 bits per heavy atom. The highest BCUT2D eigenvalue weighted by atomic mass is 32.2. The number of ether oxygens (including phenoxy) is 1. The number of quaternary nitrogens is 1. The lowest BCUT2D eigenvalue weighted by atomic mass is 10.1. The number of unbranched alkanes of at least 4 members (excludes halogenated alkanes) is 8. The quantitative estimate of drug-likeness (QED) is 0.0744. The summed E-state index contributed by atoms with van der Waals surface area (Å²) in [5.41, 5.74) is 8.19. The fourth-order valence-electron chi connectivity index (χ4n) is 4.35. The molecule has 3 aromatic rings. The molecule has 1 aromatic carbocycles. The lowest BCUT2D eigenvalue weighted by molar-refractivity contribution is 0.0801. The second-order valence-electron chi connectivity index (χ2n) is 10.5. The average molecular weight is 618 g/mol. The van der Waals surface area contributed by atoms with Crippen LogP contribution >= 0.6 is 19.1 Å². The van der Waals surface area contributed by atoms with Crippen LogP contribution in [0.3, 0.4) is 0 Å². The number of nitrogen functional groups attached to an aromatic ring is 1. The zero-order valence-corrected chi connectivity index (χ0v) is 27.4. The van der Waals surface area contributed by atoms with Crippen molar-refractivity contribution >= 4 is 36.1 Å². The van der Waals surface area contributed by atoms with E-state index in [0.717, 1.165) is 24.2 Å². The molecule has 0 aliphatic heterocycles. The van der Waals surface area contributed by atoms with Crippen LogP contribution in [0.15, 0.2) is 43.0 Å². The fourth-order valence-corrected chi connectivity index (χ4v) is 6.40. The van der Waals surface area contributed by atoms with E-state index in [4.69, 9.17) is 15.0 Å². The molecule has 42 heavy (non-hydrogen) atoms. The first-order valence-corrected chi connectivity index (χ1v) is 18.2. The van der Waals surface area contributed by atoms with E-state index in [1.54, 1.807) is 13.0 Å². The van der Waals surface area contributed by atoms with Gasteiger partial charge in [0.1, 0.15) is 18.2 Å². The van der Waals surface area contributed by atoms with Crippen LogP contribution in [0.2, 0.25) is 0 Å². The van der Waals surface area contributed by atoms with Crippen molar-refractivity contribution in [1.82, 2.24) is 25.7 Å². The molecule has 0 aliphatic carbocycles. The number of anilines is 1. The Morgan fingerprint density at radius 1 is 0.976 bits per heavy atom. The molecule has 0 amide bonds. The normalized spacial score (nSPS) is 13.2. The average Bonchev–Trinajstić information content (AvgIpc) is 3.38. The van der Waals surface area contributed by atoms with Gasteiger partial charge in [-0.2, -0.15) is 11.8 Å². The van der Waals surface area contributed by atoms with Gasteiger partial charge < -0.3 is 25.7 Å². The second kappa shape index (κ2) is 20.5. The SMILES string of the molecule is C[C@H](Cn1cnc2c(N)ncnc21)OCP(C)(=O)OCCCSCCCCCCCCCCC#Cc1ccccc1.[NH4+]. The first-order chi connectivity index (χ1) is 19.9. The van der Waals surface area contributed by atoms with Crippen LogP contribution in [0, 0.1) is 11.8 Å². The molecule has 2 aromatic heterocycles. The molecule has 3 rings (SSSR count). The molecule has 0 bridgehead atoms. The number of nitrogens with zero attached hydrogens (tertiary/aromatic N) is 4. The van der Waals surface area contributed by atoms with Gasteiger partial charge in [-0.25, -0.2) is 15.0 Å². The van der Waals surface area contributed by atoms with Gasteiger partial charge in [-0.1, -0.05) is 68.6 Å². The Balaban J connectivity index is 0.00000616. The van der Waals surface area contributed by atoms with Gasteiger partial charge >= 0.3 is 0 Å². The van der Waals surface area contributed by atoms with Gasteiger partial charge in [-0.05, 0) is 49.8 Å². The van der Waals surface area contributed by atoms with Crippen molar-refractivity contribution in [2.75, 3.05) is 36.9 Å². The summed E-state index contributed by atoms with van der Waals surface area (Å²) in [6.07, 6.45) is 15.3. The van der Waals surface area contributed by atoms with Crippen molar-refractivity contribution in [2.24, 2.45) is 0 Å². The van der Waals surface area contributed by atoms with Crippen LogP contribution in [0.1, 0.15) is 76.7 Å². The van der Waals surface area contributed by atoms with E-state index in [2.05, 4.69) is 38.9 Å². The standard InChI is InChI=1S/C31H46N5O3PS.H3N/c1-27(23-36-25-35-29-30(32)33-24-34-31(29)36)38-26-40(2,37)39-20-16-22-41-21-15-10-8-6-4-3-5-7-9-12-17-28-18-13-11-14-19-28;/h11,13-14,18-19,24-25,27H,3-10,15-16,20-23,26H2,1-2H3,(H2,32,33,34);1H3/p+1/t27-,40?;/m1./s1. The van der Waals surface area contributed by atoms with E-state index in [0.29, 0.717) is 30.1 Å². The van der Waals surface area contributed by atoms with E-state index in [9.17, 15) is 4.57 Å². The summed E-state index contributed by atoms with van der Waals surface area (Å²) in [6, 6.07) is 10.2. The number of nitrogens with two attached hydrogens (primary N) is 1. The second-order valence-corrected chi connectivity index (χ2v) is 14.3. The third kappa shape index (κ3) is 14.2. The van der Waals surface area contributed by atoms with Gasteiger partial charge in [0.2, 0.25) is 7.37 Å². The molecule has 1 unspecified atom stereocenters. The lowest BCUT2D eigenvalue weighted by Gasteiger charge is -2.18. The third-order valence-corrected chi connectivity index (χ3v) is 9.12. The van der Waals surface area contributed by atoms with Crippen LogP contribution in [-0.4, -0.2) is 56.7 Å². The van der Waals surface area contributed by atoms with E-state index in [-0.39, 0.29) is 18.6 Å². The molecule has 0 saturated heterocycles. The third-order valence-electron chi connectivity index (χ3n) is 6.62. The Bertz CT molecular complexity index is 1260. The van der Waals surface area contributed by atoms with Gasteiger partial charge in [0.15, 0.2) is 11.5 Å². The van der Waals surface area contributed by atoms with Gasteiger partial charge in [-0.3, -0.25) is 4.57 Å². The van der Waals surface area contributed by atoms with E-state index in [1.807, 2.05) is 41.5 Å².